The van der Waals surface area contributed by atoms with Crippen molar-refractivity contribution in [1.29, 1.82) is 0 Å². The number of β-amino-alcohol motifs (C(OH)–C–C–N with tert-alkyl or cyclic N) is 1. The third-order valence-corrected chi connectivity index (χ3v) is 5.29. The Labute approximate surface area is 164 Å². The van der Waals surface area contributed by atoms with E-state index >= 15 is 0 Å². The second kappa shape index (κ2) is 7.56. The van der Waals surface area contributed by atoms with Crippen LogP contribution in [0.3, 0.4) is 0 Å². The third kappa shape index (κ3) is 3.55. The Morgan fingerprint density at radius 3 is 2.79 bits per heavy atom. The fourth-order valence-corrected chi connectivity index (χ4v) is 3.93. The number of piperidine rings is 1. The number of hydrogen-bond acceptors (Lipinski definition) is 5. The van der Waals surface area contributed by atoms with Gasteiger partial charge in [-0.15, -0.1) is 0 Å². The number of carbonyl (C=O) groups excluding carboxylic acids is 1. The number of hydrogen-bond donors (Lipinski definition) is 2. The Kier molecular flexibility index (Phi) is 4.96. The Bertz CT molecular complexity index is 1010. The van der Waals surface area contributed by atoms with Gasteiger partial charge in [-0.2, -0.15) is 0 Å². The lowest BCUT2D eigenvalue weighted by Crippen LogP contribution is -2.54. The van der Waals surface area contributed by atoms with E-state index < -0.39 is 6.10 Å². The van der Waals surface area contributed by atoms with Crippen LogP contribution in [0.5, 0.6) is 0 Å². The number of rotatable bonds is 3. The molecule has 2 N–H and O–H groups in total. The van der Waals surface area contributed by atoms with Crippen molar-refractivity contribution in [1.82, 2.24) is 15.3 Å². The average molecular weight is 376 g/mol. The van der Waals surface area contributed by atoms with E-state index in [0.29, 0.717) is 18.7 Å². The van der Waals surface area contributed by atoms with Gasteiger partial charge in [-0.25, -0.2) is 0 Å². The molecule has 1 aliphatic rings. The van der Waals surface area contributed by atoms with Gasteiger partial charge < -0.3 is 15.3 Å². The first kappa shape index (κ1) is 18.4. The molecule has 0 radical (unpaired) electrons. The van der Waals surface area contributed by atoms with Crippen LogP contribution in [0, 0.1) is 13.8 Å². The summed E-state index contributed by atoms with van der Waals surface area (Å²) >= 11 is 0. The summed E-state index contributed by atoms with van der Waals surface area (Å²) in [5, 5.41) is 14.7. The summed E-state index contributed by atoms with van der Waals surface area (Å²) in [6.45, 7) is 5.35. The highest BCUT2D eigenvalue weighted by Gasteiger charge is 2.30. The van der Waals surface area contributed by atoms with Crippen molar-refractivity contribution in [2.24, 2.45) is 0 Å². The van der Waals surface area contributed by atoms with E-state index in [1.54, 1.807) is 24.4 Å². The maximum Gasteiger partial charge on any atom is 0.270 e. The van der Waals surface area contributed by atoms with Gasteiger partial charge in [-0.05, 0) is 50.1 Å². The molecule has 3 heterocycles. The highest BCUT2D eigenvalue weighted by Crippen LogP contribution is 2.30. The predicted octanol–water partition coefficient (Wildman–Crippen LogP) is 2.62. The molecule has 0 bridgehead atoms. The number of anilines is 1. The van der Waals surface area contributed by atoms with E-state index in [0.717, 1.165) is 28.7 Å². The third-order valence-electron chi connectivity index (χ3n) is 5.29. The molecule has 1 saturated heterocycles. The molecule has 28 heavy (non-hydrogen) atoms. The van der Waals surface area contributed by atoms with Gasteiger partial charge in [0.15, 0.2) is 0 Å². The number of fused-ring (bicyclic) bond motifs is 1. The number of pyridine rings is 2. The second-order valence-corrected chi connectivity index (χ2v) is 7.41. The lowest BCUT2D eigenvalue weighted by Gasteiger charge is -2.38. The summed E-state index contributed by atoms with van der Waals surface area (Å²) in [5.74, 6) is -0.251. The van der Waals surface area contributed by atoms with Gasteiger partial charge in [-0.1, -0.05) is 17.7 Å². The summed E-state index contributed by atoms with van der Waals surface area (Å²) in [6, 6.07) is 11.2. The van der Waals surface area contributed by atoms with Gasteiger partial charge in [0, 0.05) is 36.6 Å². The number of nitrogens with one attached hydrogen (secondary N) is 1. The predicted molar refractivity (Wildman–Crippen MR) is 110 cm³/mol. The Hall–Kier alpha value is -2.99. The minimum Gasteiger partial charge on any atom is -0.389 e. The molecule has 0 spiro atoms. The zero-order valence-corrected chi connectivity index (χ0v) is 16.1. The van der Waals surface area contributed by atoms with Crippen molar-refractivity contribution in [3.63, 3.8) is 0 Å². The molecule has 3 aromatic rings. The molecular weight excluding hydrogens is 352 g/mol. The first-order valence-electron chi connectivity index (χ1n) is 9.54. The molecule has 4 rings (SSSR count). The molecule has 6 nitrogen and oxygen atoms in total. The van der Waals surface area contributed by atoms with Crippen LogP contribution in [-0.4, -0.2) is 46.2 Å². The molecule has 1 fully saturated rings. The van der Waals surface area contributed by atoms with E-state index in [-0.39, 0.29) is 11.9 Å². The number of aliphatic hydroxyl groups excluding tert-OH is 1. The Morgan fingerprint density at radius 2 is 2.04 bits per heavy atom. The first-order chi connectivity index (χ1) is 13.5. The number of benzene rings is 1. The summed E-state index contributed by atoms with van der Waals surface area (Å²) in [7, 11) is 0. The second-order valence-electron chi connectivity index (χ2n) is 7.41. The van der Waals surface area contributed by atoms with Crippen molar-refractivity contribution >= 4 is 22.5 Å². The van der Waals surface area contributed by atoms with Crippen LogP contribution in [0.15, 0.2) is 48.8 Å². The Balaban J connectivity index is 1.52. The van der Waals surface area contributed by atoms with Gasteiger partial charge in [0.1, 0.15) is 5.69 Å². The number of amides is 1. The highest BCUT2D eigenvalue weighted by atomic mass is 16.3. The topological polar surface area (TPSA) is 78.4 Å². The lowest BCUT2D eigenvalue weighted by molar-refractivity contribution is 0.0794. The molecule has 1 aromatic carbocycles. The normalized spacial score (nSPS) is 19.6. The number of aliphatic hydroxyl groups is 1. The minimum absolute atomic E-state index is 0.251. The molecule has 144 valence electrons. The highest BCUT2D eigenvalue weighted by molar-refractivity contribution is 5.94. The summed E-state index contributed by atoms with van der Waals surface area (Å²) in [6.07, 6.45) is 3.41. The molecule has 2 aromatic heterocycles. The van der Waals surface area contributed by atoms with Crippen molar-refractivity contribution < 1.29 is 9.90 Å². The van der Waals surface area contributed by atoms with Crippen molar-refractivity contribution in [3.05, 3.63) is 65.6 Å². The number of aryl methyl sites for hydroxylation is 2. The van der Waals surface area contributed by atoms with Crippen LogP contribution in [-0.2, 0) is 0 Å². The number of carbonyl (C=O) groups is 1. The van der Waals surface area contributed by atoms with Crippen molar-refractivity contribution in [2.75, 3.05) is 18.0 Å². The van der Waals surface area contributed by atoms with Crippen LogP contribution < -0.4 is 10.2 Å². The summed E-state index contributed by atoms with van der Waals surface area (Å²) in [5.41, 5.74) is 4.77. The zero-order chi connectivity index (χ0) is 19.7. The Morgan fingerprint density at radius 1 is 1.18 bits per heavy atom. The lowest BCUT2D eigenvalue weighted by atomic mass is 9.99. The number of aromatic nitrogens is 2. The van der Waals surface area contributed by atoms with Crippen LogP contribution in [0.4, 0.5) is 5.69 Å². The summed E-state index contributed by atoms with van der Waals surface area (Å²) < 4.78 is 0. The number of nitrogens with zero attached hydrogens (tertiary/aromatic N) is 3. The fourth-order valence-electron chi connectivity index (χ4n) is 3.93. The standard InChI is InChI=1S/C22H24N4O2/c1-14-11-15(2)21-16(12-14)19(6-9-24-21)26-10-7-17(20(27)13-26)25-22(28)18-5-3-4-8-23-18/h3-6,8-9,11-12,17,20,27H,7,10,13H2,1-2H3,(H,25,28)/t17-,20-/m1/s1. The smallest absolute Gasteiger partial charge is 0.270 e. The molecule has 0 unspecified atom stereocenters. The molecule has 0 saturated carbocycles. The minimum atomic E-state index is -0.657. The van der Waals surface area contributed by atoms with Gasteiger partial charge in [0.2, 0.25) is 0 Å². The molecule has 2 atom stereocenters. The molecule has 1 aliphatic heterocycles. The summed E-state index contributed by atoms with van der Waals surface area (Å²) in [4.78, 5) is 23.1. The van der Waals surface area contributed by atoms with Crippen molar-refractivity contribution in [3.8, 4) is 0 Å². The molecule has 0 aliphatic carbocycles. The van der Waals surface area contributed by atoms with Crippen LogP contribution in [0.1, 0.15) is 28.0 Å². The monoisotopic (exact) mass is 376 g/mol. The van der Waals surface area contributed by atoms with E-state index in [9.17, 15) is 9.90 Å². The SMILES string of the molecule is Cc1cc(C)c2nccc(N3CC[C@@H](NC(=O)c4ccccn4)[C@H](O)C3)c2c1. The van der Waals surface area contributed by atoms with E-state index in [2.05, 4.69) is 46.2 Å². The van der Waals surface area contributed by atoms with Crippen LogP contribution in [0.2, 0.25) is 0 Å². The zero-order valence-electron chi connectivity index (χ0n) is 16.1. The van der Waals surface area contributed by atoms with Gasteiger partial charge in [0.25, 0.3) is 5.91 Å². The molecule has 1 amide bonds. The van der Waals surface area contributed by atoms with Crippen LogP contribution >= 0.6 is 0 Å². The van der Waals surface area contributed by atoms with E-state index in [1.807, 2.05) is 12.3 Å². The fraction of sp³-hybridized carbons (Fsp3) is 0.318. The van der Waals surface area contributed by atoms with Crippen molar-refractivity contribution in [2.45, 2.75) is 32.4 Å². The largest absolute Gasteiger partial charge is 0.389 e. The van der Waals surface area contributed by atoms with E-state index in [1.165, 1.54) is 5.56 Å². The maximum absolute atomic E-state index is 12.4. The van der Waals surface area contributed by atoms with Gasteiger partial charge in [-0.3, -0.25) is 14.8 Å². The van der Waals surface area contributed by atoms with Crippen LogP contribution in [0.25, 0.3) is 10.9 Å². The average Bonchev–Trinajstić information content (AvgIpc) is 2.69. The van der Waals surface area contributed by atoms with E-state index in [4.69, 9.17) is 0 Å². The van der Waals surface area contributed by atoms with Gasteiger partial charge in [0.05, 0.1) is 17.7 Å². The quantitative estimate of drug-likeness (QED) is 0.735. The van der Waals surface area contributed by atoms with Gasteiger partial charge >= 0.3 is 0 Å². The first-order valence-corrected chi connectivity index (χ1v) is 9.54. The molecular formula is C22H24N4O2. The molecule has 6 heteroatoms. The maximum atomic E-state index is 12.4.